The number of nitrogens with one attached hydrogen (secondary N) is 2. The first-order valence-electron chi connectivity index (χ1n) is 7.53. The molecular formula is C15H26N4O2S. The second-order valence-electron chi connectivity index (χ2n) is 5.98. The molecule has 4 N–H and O–H groups in total. The van der Waals surface area contributed by atoms with Crippen molar-refractivity contribution in [2.24, 2.45) is 11.7 Å². The highest BCUT2D eigenvalue weighted by Gasteiger charge is 2.39. The van der Waals surface area contributed by atoms with Gasteiger partial charge >= 0.3 is 6.03 Å². The summed E-state index contributed by atoms with van der Waals surface area (Å²) < 4.78 is 0. The lowest BCUT2D eigenvalue weighted by molar-refractivity contribution is -0.125. The number of hydrogen-bond donors (Lipinski definition) is 3. The predicted molar refractivity (Wildman–Crippen MR) is 88.6 cm³/mol. The van der Waals surface area contributed by atoms with Crippen LogP contribution in [-0.2, 0) is 11.3 Å². The molecule has 1 aromatic rings. The summed E-state index contributed by atoms with van der Waals surface area (Å²) in [5.41, 5.74) is 5.27. The minimum Gasteiger partial charge on any atom is -0.368 e. The summed E-state index contributed by atoms with van der Waals surface area (Å²) >= 11 is 1.58. The molecule has 0 saturated heterocycles. The fourth-order valence-electron chi connectivity index (χ4n) is 2.25. The van der Waals surface area contributed by atoms with Gasteiger partial charge in [0.05, 0.1) is 17.2 Å². The molecule has 3 amide bonds. The van der Waals surface area contributed by atoms with Crippen molar-refractivity contribution in [3.05, 3.63) is 16.1 Å². The molecule has 6 nitrogen and oxygen atoms in total. The van der Waals surface area contributed by atoms with Crippen LogP contribution in [0.15, 0.2) is 5.38 Å². The van der Waals surface area contributed by atoms with Crippen molar-refractivity contribution in [3.63, 3.8) is 0 Å². The zero-order valence-electron chi connectivity index (χ0n) is 13.9. The van der Waals surface area contributed by atoms with E-state index in [0.717, 1.165) is 10.7 Å². The van der Waals surface area contributed by atoms with Crippen molar-refractivity contribution in [1.29, 1.82) is 0 Å². The van der Waals surface area contributed by atoms with Crippen LogP contribution < -0.4 is 16.4 Å². The molecule has 22 heavy (non-hydrogen) atoms. The first-order chi connectivity index (χ1) is 10.2. The van der Waals surface area contributed by atoms with Gasteiger partial charge in [-0.2, -0.15) is 0 Å². The fraction of sp³-hybridized carbons (Fsp3) is 0.667. The molecular weight excluding hydrogens is 300 g/mol. The van der Waals surface area contributed by atoms with Crippen LogP contribution in [0.25, 0.3) is 0 Å². The molecule has 0 radical (unpaired) electrons. The summed E-state index contributed by atoms with van der Waals surface area (Å²) in [6.45, 7) is 10.0. The monoisotopic (exact) mass is 326 g/mol. The quantitative estimate of drug-likeness (QED) is 0.717. The predicted octanol–water partition coefficient (Wildman–Crippen LogP) is 2.36. The van der Waals surface area contributed by atoms with Crippen LogP contribution >= 0.6 is 11.3 Å². The largest absolute Gasteiger partial charge is 0.368 e. The van der Waals surface area contributed by atoms with Crippen molar-refractivity contribution in [1.82, 2.24) is 15.6 Å². The summed E-state index contributed by atoms with van der Waals surface area (Å²) in [6, 6.07) is -0.409. The molecule has 0 spiro atoms. The zero-order valence-corrected chi connectivity index (χ0v) is 14.7. The van der Waals surface area contributed by atoms with Crippen LogP contribution in [0.3, 0.4) is 0 Å². The van der Waals surface area contributed by atoms with Crippen molar-refractivity contribution in [2.45, 2.75) is 59.0 Å². The van der Waals surface area contributed by atoms with Crippen LogP contribution in [0.5, 0.6) is 0 Å². The van der Waals surface area contributed by atoms with Gasteiger partial charge < -0.3 is 16.4 Å². The van der Waals surface area contributed by atoms with E-state index in [4.69, 9.17) is 5.73 Å². The lowest BCUT2D eigenvalue weighted by Crippen LogP contribution is -2.62. The number of carbonyl (C=O) groups is 2. The lowest BCUT2D eigenvalue weighted by atomic mass is 9.83. The molecule has 0 aliphatic rings. The molecule has 0 aliphatic heterocycles. The number of nitrogens with zero attached hydrogens (tertiary/aromatic N) is 1. The number of thiazole rings is 1. The molecule has 0 aromatic carbocycles. The van der Waals surface area contributed by atoms with Crippen molar-refractivity contribution < 1.29 is 9.59 Å². The maximum Gasteiger partial charge on any atom is 0.315 e. The maximum atomic E-state index is 12.1. The number of urea groups is 1. The Morgan fingerprint density at radius 3 is 2.41 bits per heavy atom. The van der Waals surface area contributed by atoms with Crippen molar-refractivity contribution >= 4 is 23.3 Å². The number of rotatable bonds is 7. The molecule has 0 saturated carbocycles. The van der Waals surface area contributed by atoms with E-state index in [1.54, 1.807) is 11.3 Å². The number of amides is 3. The minimum atomic E-state index is -1.03. The molecule has 1 rings (SSSR count). The Bertz CT molecular complexity index is 527. The van der Waals surface area contributed by atoms with Crippen LogP contribution in [0.1, 0.15) is 57.7 Å². The van der Waals surface area contributed by atoms with Gasteiger partial charge in [0.2, 0.25) is 5.91 Å². The van der Waals surface area contributed by atoms with E-state index in [9.17, 15) is 9.59 Å². The molecule has 0 aliphatic carbocycles. The number of hydrogen-bond acceptors (Lipinski definition) is 4. The van der Waals surface area contributed by atoms with Gasteiger partial charge in [-0.3, -0.25) is 4.79 Å². The number of aromatic nitrogens is 1. The van der Waals surface area contributed by atoms with Gasteiger partial charge in [0.25, 0.3) is 0 Å². The van der Waals surface area contributed by atoms with Gasteiger partial charge in [0.1, 0.15) is 5.54 Å². The Balaban J connectivity index is 2.66. The average Bonchev–Trinajstić information content (AvgIpc) is 2.91. The summed E-state index contributed by atoms with van der Waals surface area (Å²) in [5, 5.41) is 8.44. The van der Waals surface area contributed by atoms with E-state index in [0.29, 0.717) is 18.9 Å². The summed E-state index contributed by atoms with van der Waals surface area (Å²) in [6.07, 6.45) is 0.446. The van der Waals surface area contributed by atoms with Crippen LogP contribution in [0, 0.1) is 5.92 Å². The summed E-state index contributed by atoms with van der Waals surface area (Å²) in [7, 11) is 0. The highest BCUT2D eigenvalue weighted by atomic mass is 32.1. The fourth-order valence-corrected chi connectivity index (χ4v) is 3.08. The Labute approximate surface area is 135 Å². The van der Waals surface area contributed by atoms with Gasteiger partial charge in [-0.15, -0.1) is 11.3 Å². The van der Waals surface area contributed by atoms with Crippen LogP contribution in [0.2, 0.25) is 0 Å². The SMILES string of the molecule is CCC(NC(=O)NCc1csc(C(C)C)n1)(C(N)=O)C(C)C. The summed E-state index contributed by atoms with van der Waals surface area (Å²) in [4.78, 5) is 28.3. The Hall–Kier alpha value is -1.63. The third-order valence-electron chi connectivity index (χ3n) is 3.81. The van der Waals surface area contributed by atoms with E-state index < -0.39 is 17.5 Å². The highest BCUT2D eigenvalue weighted by Crippen LogP contribution is 2.21. The molecule has 0 bridgehead atoms. The van der Waals surface area contributed by atoms with Gasteiger partial charge in [0.15, 0.2) is 0 Å². The third kappa shape index (κ3) is 4.19. The molecule has 1 atom stereocenters. The standard InChI is InChI=1S/C15H26N4O2S/c1-6-15(10(4)5,13(16)20)19-14(21)17-7-11-8-22-12(18-11)9(2)3/h8-10H,6-7H2,1-5H3,(H2,16,20)(H2,17,19,21). The second-order valence-corrected chi connectivity index (χ2v) is 6.87. The Morgan fingerprint density at radius 2 is 2.00 bits per heavy atom. The molecule has 0 fully saturated rings. The van der Waals surface area contributed by atoms with Crippen molar-refractivity contribution in [2.75, 3.05) is 0 Å². The van der Waals surface area contributed by atoms with E-state index in [-0.39, 0.29) is 5.92 Å². The molecule has 1 heterocycles. The molecule has 1 aromatic heterocycles. The average molecular weight is 326 g/mol. The maximum absolute atomic E-state index is 12.1. The van der Waals surface area contributed by atoms with Gasteiger partial charge in [-0.25, -0.2) is 9.78 Å². The number of primary amides is 1. The number of nitrogens with two attached hydrogens (primary N) is 1. The van der Waals surface area contributed by atoms with Crippen molar-refractivity contribution in [3.8, 4) is 0 Å². The van der Waals surface area contributed by atoms with E-state index in [2.05, 4.69) is 29.5 Å². The van der Waals surface area contributed by atoms with Gasteiger partial charge in [-0.05, 0) is 12.3 Å². The highest BCUT2D eigenvalue weighted by molar-refractivity contribution is 7.09. The topological polar surface area (TPSA) is 97.1 Å². The van der Waals surface area contributed by atoms with Gasteiger partial charge in [-0.1, -0.05) is 34.6 Å². The smallest absolute Gasteiger partial charge is 0.315 e. The zero-order chi connectivity index (χ0) is 16.9. The number of carbonyl (C=O) groups excluding carboxylic acids is 2. The normalized spacial score (nSPS) is 14.0. The minimum absolute atomic E-state index is 0.0902. The van der Waals surface area contributed by atoms with E-state index in [1.807, 2.05) is 26.2 Å². The van der Waals surface area contributed by atoms with E-state index >= 15 is 0 Å². The second kappa shape index (κ2) is 7.58. The lowest BCUT2D eigenvalue weighted by Gasteiger charge is -2.34. The first-order valence-corrected chi connectivity index (χ1v) is 8.41. The Kier molecular flexibility index (Phi) is 6.34. The molecule has 1 unspecified atom stereocenters. The van der Waals surface area contributed by atoms with Gasteiger partial charge in [0, 0.05) is 11.3 Å². The van der Waals surface area contributed by atoms with Crippen LogP contribution in [0.4, 0.5) is 4.79 Å². The first kappa shape index (κ1) is 18.4. The molecule has 7 heteroatoms. The summed E-state index contributed by atoms with van der Waals surface area (Å²) in [5.74, 6) is -0.236. The Morgan fingerprint density at radius 1 is 1.36 bits per heavy atom. The van der Waals surface area contributed by atoms with E-state index in [1.165, 1.54) is 0 Å². The molecule has 124 valence electrons. The third-order valence-corrected chi connectivity index (χ3v) is 5.01. The van der Waals surface area contributed by atoms with Crippen LogP contribution in [-0.4, -0.2) is 22.5 Å².